The van der Waals surface area contributed by atoms with Crippen LogP contribution in [0.4, 0.5) is 10.1 Å². The molecule has 5 nitrogen and oxygen atoms in total. The van der Waals surface area contributed by atoms with Gasteiger partial charge in [0, 0.05) is 18.0 Å². The van der Waals surface area contributed by atoms with Crippen molar-refractivity contribution < 1.29 is 9.18 Å². The molecule has 0 aliphatic carbocycles. The zero-order valence-corrected chi connectivity index (χ0v) is 11.8. The number of aryl methyl sites for hydroxylation is 1. The Balaban J connectivity index is 1.80. The Kier molecular flexibility index (Phi) is 3.65. The third-order valence-electron chi connectivity index (χ3n) is 3.15. The molecule has 0 aliphatic rings. The maximum absolute atomic E-state index is 13.7. The van der Waals surface area contributed by atoms with Crippen molar-refractivity contribution in [1.29, 1.82) is 0 Å². The minimum atomic E-state index is -0.472. The molecule has 0 fully saturated rings. The van der Waals surface area contributed by atoms with Gasteiger partial charge in [-0.3, -0.25) is 14.9 Å². The van der Waals surface area contributed by atoms with Gasteiger partial charge in [0.15, 0.2) is 0 Å². The molecule has 6 heteroatoms. The van der Waals surface area contributed by atoms with Crippen LogP contribution in [0, 0.1) is 12.7 Å². The van der Waals surface area contributed by atoms with Crippen LogP contribution in [-0.4, -0.2) is 21.1 Å². The first kappa shape index (κ1) is 13.9. The highest BCUT2D eigenvalue weighted by Gasteiger charge is 2.13. The van der Waals surface area contributed by atoms with Gasteiger partial charge in [-0.05, 0) is 42.8 Å². The van der Waals surface area contributed by atoms with Gasteiger partial charge in [0.25, 0.3) is 5.91 Å². The Morgan fingerprint density at radius 1 is 1.27 bits per heavy atom. The van der Waals surface area contributed by atoms with Crippen LogP contribution >= 0.6 is 0 Å². The van der Waals surface area contributed by atoms with Crippen molar-refractivity contribution >= 4 is 11.6 Å². The van der Waals surface area contributed by atoms with Crippen LogP contribution < -0.4 is 5.32 Å². The molecular weight excluding hydrogens is 283 g/mol. The number of rotatable bonds is 3. The van der Waals surface area contributed by atoms with E-state index in [1.807, 2.05) is 6.07 Å². The summed E-state index contributed by atoms with van der Waals surface area (Å²) in [7, 11) is 0. The zero-order chi connectivity index (χ0) is 15.5. The topological polar surface area (TPSA) is 70.7 Å². The summed E-state index contributed by atoms with van der Waals surface area (Å²) in [5.41, 5.74) is 2.56. The number of halogens is 1. The van der Waals surface area contributed by atoms with Crippen LogP contribution in [0.15, 0.2) is 48.8 Å². The number of aromatic nitrogens is 3. The number of benzene rings is 1. The lowest BCUT2D eigenvalue weighted by Gasteiger charge is -2.05. The first-order valence-corrected chi connectivity index (χ1v) is 6.67. The molecule has 0 spiro atoms. The van der Waals surface area contributed by atoms with Crippen molar-refractivity contribution in [2.75, 3.05) is 5.32 Å². The predicted octanol–water partition coefficient (Wildman–Crippen LogP) is 3.17. The van der Waals surface area contributed by atoms with Crippen LogP contribution in [0.2, 0.25) is 0 Å². The molecule has 0 unspecified atom stereocenters. The molecule has 110 valence electrons. The van der Waals surface area contributed by atoms with Gasteiger partial charge in [-0.15, -0.1) is 0 Å². The molecule has 0 saturated heterocycles. The predicted molar refractivity (Wildman–Crippen MR) is 80.9 cm³/mol. The van der Waals surface area contributed by atoms with E-state index in [1.165, 1.54) is 12.1 Å². The van der Waals surface area contributed by atoms with Crippen LogP contribution in [0.5, 0.6) is 0 Å². The van der Waals surface area contributed by atoms with E-state index in [0.29, 0.717) is 5.69 Å². The molecule has 3 rings (SSSR count). The quantitative estimate of drug-likeness (QED) is 0.780. The van der Waals surface area contributed by atoms with Gasteiger partial charge < -0.3 is 5.32 Å². The number of hydrogen-bond acceptors (Lipinski definition) is 3. The average molecular weight is 296 g/mol. The van der Waals surface area contributed by atoms with Crippen LogP contribution in [0.1, 0.15) is 16.1 Å². The molecule has 3 aromatic rings. The molecule has 0 saturated carbocycles. The summed E-state index contributed by atoms with van der Waals surface area (Å²) >= 11 is 0. The lowest BCUT2D eigenvalue weighted by Crippen LogP contribution is -2.13. The van der Waals surface area contributed by atoms with Crippen molar-refractivity contribution in [3.05, 3.63) is 65.9 Å². The first-order valence-electron chi connectivity index (χ1n) is 6.67. The van der Waals surface area contributed by atoms with Gasteiger partial charge in [0.05, 0.1) is 11.4 Å². The summed E-state index contributed by atoms with van der Waals surface area (Å²) in [5, 5.41) is 9.23. The first-order chi connectivity index (χ1) is 10.6. The SMILES string of the molecule is Cc1ccc(NC(=O)c2cc(-c3cccnc3)n[nH]2)c(F)c1. The maximum Gasteiger partial charge on any atom is 0.273 e. The number of nitrogens with zero attached hydrogens (tertiary/aromatic N) is 2. The van der Waals surface area contributed by atoms with E-state index < -0.39 is 11.7 Å². The van der Waals surface area contributed by atoms with E-state index in [4.69, 9.17) is 0 Å². The largest absolute Gasteiger partial charge is 0.318 e. The molecule has 0 radical (unpaired) electrons. The Bertz CT molecular complexity index is 814. The minimum Gasteiger partial charge on any atom is -0.318 e. The number of aromatic amines is 1. The number of carbonyl (C=O) groups is 1. The molecule has 2 heterocycles. The Labute approximate surface area is 126 Å². The van der Waals surface area contributed by atoms with E-state index in [9.17, 15) is 9.18 Å². The van der Waals surface area contributed by atoms with Crippen LogP contribution in [-0.2, 0) is 0 Å². The highest BCUT2D eigenvalue weighted by molar-refractivity contribution is 6.03. The number of nitrogens with one attached hydrogen (secondary N) is 2. The lowest BCUT2D eigenvalue weighted by atomic mass is 10.2. The number of H-pyrrole nitrogens is 1. The van der Waals surface area contributed by atoms with E-state index in [1.54, 1.807) is 37.5 Å². The molecular formula is C16H13FN4O. The summed E-state index contributed by atoms with van der Waals surface area (Å²) in [4.78, 5) is 16.1. The highest BCUT2D eigenvalue weighted by atomic mass is 19.1. The maximum atomic E-state index is 13.7. The van der Waals surface area contributed by atoms with E-state index in [2.05, 4.69) is 20.5 Å². The smallest absolute Gasteiger partial charge is 0.273 e. The fourth-order valence-electron chi connectivity index (χ4n) is 2.01. The fourth-order valence-corrected chi connectivity index (χ4v) is 2.01. The second-order valence-electron chi connectivity index (χ2n) is 4.85. The number of hydrogen-bond donors (Lipinski definition) is 2. The average Bonchev–Trinajstić information content (AvgIpc) is 3.01. The Morgan fingerprint density at radius 2 is 2.14 bits per heavy atom. The molecule has 2 N–H and O–H groups in total. The number of carbonyl (C=O) groups excluding carboxylic acids is 1. The van der Waals surface area contributed by atoms with Crippen LogP contribution in [0.3, 0.4) is 0 Å². The van der Waals surface area contributed by atoms with Crippen molar-refractivity contribution in [3.8, 4) is 11.3 Å². The summed E-state index contributed by atoms with van der Waals surface area (Å²) in [6.07, 6.45) is 3.31. The van der Waals surface area contributed by atoms with Gasteiger partial charge >= 0.3 is 0 Å². The van der Waals surface area contributed by atoms with Gasteiger partial charge in [-0.25, -0.2) is 4.39 Å². The summed E-state index contributed by atoms with van der Waals surface area (Å²) in [5.74, 6) is -0.925. The van der Waals surface area contributed by atoms with E-state index in [0.717, 1.165) is 11.1 Å². The van der Waals surface area contributed by atoms with E-state index >= 15 is 0 Å². The normalized spacial score (nSPS) is 10.5. The molecule has 1 amide bonds. The number of anilines is 1. The standard InChI is InChI=1S/C16H13FN4O/c1-10-4-5-13(12(17)7-10)19-16(22)15-8-14(20-21-15)11-3-2-6-18-9-11/h2-9H,1H3,(H,19,22)(H,20,21). The third-order valence-corrected chi connectivity index (χ3v) is 3.15. The van der Waals surface area contributed by atoms with E-state index in [-0.39, 0.29) is 11.4 Å². The molecule has 0 aliphatic heterocycles. The fraction of sp³-hybridized carbons (Fsp3) is 0.0625. The number of amides is 1. The van der Waals surface area contributed by atoms with Crippen LogP contribution in [0.25, 0.3) is 11.3 Å². The lowest BCUT2D eigenvalue weighted by molar-refractivity contribution is 0.102. The zero-order valence-electron chi connectivity index (χ0n) is 11.8. The van der Waals surface area contributed by atoms with Crippen molar-refractivity contribution in [3.63, 3.8) is 0 Å². The molecule has 1 aromatic carbocycles. The Morgan fingerprint density at radius 3 is 2.86 bits per heavy atom. The van der Waals surface area contributed by atoms with Gasteiger partial charge in [-0.1, -0.05) is 6.07 Å². The molecule has 0 atom stereocenters. The molecule has 22 heavy (non-hydrogen) atoms. The molecule has 2 aromatic heterocycles. The summed E-state index contributed by atoms with van der Waals surface area (Å²) in [6.45, 7) is 1.78. The summed E-state index contributed by atoms with van der Waals surface area (Å²) < 4.78 is 13.7. The van der Waals surface area contributed by atoms with Crippen molar-refractivity contribution in [1.82, 2.24) is 15.2 Å². The Hall–Kier alpha value is -3.02. The van der Waals surface area contributed by atoms with Gasteiger partial charge in [0.1, 0.15) is 11.5 Å². The third kappa shape index (κ3) is 2.85. The second kappa shape index (κ2) is 5.77. The van der Waals surface area contributed by atoms with Gasteiger partial charge in [0.2, 0.25) is 0 Å². The van der Waals surface area contributed by atoms with Gasteiger partial charge in [-0.2, -0.15) is 5.10 Å². The summed E-state index contributed by atoms with van der Waals surface area (Å²) in [6, 6.07) is 9.84. The van der Waals surface area contributed by atoms with Crippen molar-refractivity contribution in [2.45, 2.75) is 6.92 Å². The van der Waals surface area contributed by atoms with Crippen molar-refractivity contribution in [2.24, 2.45) is 0 Å². The monoisotopic (exact) mass is 296 g/mol. The second-order valence-corrected chi connectivity index (χ2v) is 4.85. The minimum absolute atomic E-state index is 0.133. The molecule has 0 bridgehead atoms. The number of pyridine rings is 1. The highest BCUT2D eigenvalue weighted by Crippen LogP contribution is 2.18.